The fourth-order valence-corrected chi connectivity index (χ4v) is 1.14. The second-order valence-corrected chi connectivity index (χ2v) is 2.83. The van der Waals surface area contributed by atoms with Gasteiger partial charge in [-0.15, -0.1) is 0 Å². The molecule has 4 nitrogen and oxygen atoms in total. The van der Waals surface area contributed by atoms with Crippen LogP contribution in [0.5, 0.6) is 5.75 Å². The monoisotopic (exact) mass is 193 g/mol. The van der Waals surface area contributed by atoms with E-state index in [-0.39, 0.29) is 11.4 Å². The molecule has 0 aromatic carbocycles. The summed E-state index contributed by atoms with van der Waals surface area (Å²) < 4.78 is 4.99. The number of allylic oxidation sites excluding steroid dienone is 1. The standard InChI is InChI=1S/C10H11NO3/c1-6(2)7-4-5-11-8(10(12)13)9(7)14-3/h4-5H,1H2,2-3H3,(H,12,13). The van der Waals surface area contributed by atoms with Crippen LogP contribution in [0.3, 0.4) is 0 Å². The molecule has 0 saturated carbocycles. The van der Waals surface area contributed by atoms with Gasteiger partial charge in [-0.1, -0.05) is 6.58 Å². The van der Waals surface area contributed by atoms with E-state index in [2.05, 4.69) is 11.6 Å². The highest BCUT2D eigenvalue weighted by molar-refractivity contribution is 5.90. The summed E-state index contributed by atoms with van der Waals surface area (Å²) in [5, 5.41) is 8.83. The summed E-state index contributed by atoms with van der Waals surface area (Å²) in [5.74, 6) is -0.850. The van der Waals surface area contributed by atoms with Crippen molar-refractivity contribution in [2.75, 3.05) is 7.11 Å². The van der Waals surface area contributed by atoms with Gasteiger partial charge in [0, 0.05) is 11.8 Å². The van der Waals surface area contributed by atoms with Gasteiger partial charge in [-0.3, -0.25) is 0 Å². The first-order chi connectivity index (χ1) is 6.57. The van der Waals surface area contributed by atoms with E-state index in [4.69, 9.17) is 9.84 Å². The Morgan fingerprint density at radius 1 is 1.64 bits per heavy atom. The molecule has 0 unspecified atom stereocenters. The van der Waals surface area contributed by atoms with Crippen molar-refractivity contribution in [3.05, 3.63) is 30.1 Å². The normalized spacial score (nSPS) is 9.57. The number of aromatic nitrogens is 1. The molecule has 14 heavy (non-hydrogen) atoms. The van der Waals surface area contributed by atoms with Crippen LogP contribution in [-0.2, 0) is 0 Å². The van der Waals surface area contributed by atoms with Gasteiger partial charge in [0.1, 0.15) is 0 Å². The van der Waals surface area contributed by atoms with Crippen molar-refractivity contribution in [1.29, 1.82) is 0 Å². The molecule has 0 aliphatic rings. The van der Waals surface area contributed by atoms with E-state index < -0.39 is 5.97 Å². The Hall–Kier alpha value is -1.84. The lowest BCUT2D eigenvalue weighted by molar-refractivity contribution is 0.0686. The summed E-state index contributed by atoms with van der Waals surface area (Å²) in [6.45, 7) is 5.51. The first-order valence-corrected chi connectivity index (χ1v) is 4.00. The zero-order chi connectivity index (χ0) is 10.7. The van der Waals surface area contributed by atoms with E-state index in [9.17, 15) is 4.79 Å². The van der Waals surface area contributed by atoms with Gasteiger partial charge in [-0.2, -0.15) is 0 Å². The Morgan fingerprint density at radius 3 is 2.71 bits per heavy atom. The molecule has 4 heteroatoms. The van der Waals surface area contributed by atoms with E-state index in [0.29, 0.717) is 5.56 Å². The number of aromatic carboxylic acids is 1. The topological polar surface area (TPSA) is 59.4 Å². The van der Waals surface area contributed by atoms with Gasteiger partial charge in [-0.05, 0) is 18.6 Å². The quantitative estimate of drug-likeness (QED) is 0.795. The SMILES string of the molecule is C=C(C)c1ccnc(C(=O)O)c1OC. The van der Waals surface area contributed by atoms with Crippen LogP contribution in [0.15, 0.2) is 18.8 Å². The van der Waals surface area contributed by atoms with Gasteiger partial charge >= 0.3 is 5.97 Å². The number of carbonyl (C=O) groups is 1. The van der Waals surface area contributed by atoms with Crippen LogP contribution >= 0.6 is 0 Å². The highest BCUT2D eigenvalue weighted by Crippen LogP contribution is 2.26. The third-order valence-corrected chi connectivity index (χ3v) is 1.77. The van der Waals surface area contributed by atoms with Gasteiger partial charge in [0.2, 0.25) is 0 Å². The van der Waals surface area contributed by atoms with Crippen molar-refractivity contribution in [3.8, 4) is 5.75 Å². The summed E-state index contributed by atoms with van der Waals surface area (Å²) in [5.41, 5.74) is 1.32. The number of carboxylic acid groups (broad SMARTS) is 1. The maximum absolute atomic E-state index is 10.8. The van der Waals surface area contributed by atoms with Crippen molar-refractivity contribution in [2.24, 2.45) is 0 Å². The largest absolute Gasteiger partial charge is 0.494 e. The minimum Gasteiger partial charge on any atom is -0.494 e. The fourth-order valence-electron chi connectivity index (χ4n) is 1.14. The molecule has 0 bridgehead atoms. The van der Waals surface area contributed by atoms with Gasteiger partial charge in [-0.25, -0.2) is 9.78 Å². The molecule has 0 atom stereocenters. The highest BCUT2D eigenvalue weighted by atomic mass is 16.5. The van der Waals surface area contributed by atoms with Crippen LogP contribution < -0.4 is 4.74 Å². The van der Waals surface area contributed by atoms with Crippen molar-refractivity contribution in [1.82, 2.24) is 4.98 Å². The zero-order valence-electron chi connectivity index (χ0n) is 8.07. The van der Waals surface area contributed by atoms with E-state index in [1.54, 1.807) is 13.0 Å². The summed E-state index contributed by atoms with van der Waals surface area (Å²) in [6.07, 6.45) is 1.43. The number of hydrogen-bond acceptors (Lipinski definition) is 3. The second kappa shape index (κ2) is 3.91. The lowest BCUT2D eigenvalue weighted by Gasteiger charge is -2.09. The number of pyridine rings is 1. The van der Waals surface area contributed by atoms with Gasteiger partial charge < -0.3 is 9.84 Å². The molecule has 0 aliphatic carbocycles. The molecule has 1 heterocycles. The van der Waals surface area contributed by atoms with Crippen molar-refractivity contribution in [3.63, 3.8) is 0 Å². The number of ether oxygens (including phenoxy) is 1. The fraction of sp³-hybridized carbons (Fsp3) is 0.200. The Kier molecular flexibility index (Phi) is 2.86. The maximum atomic E-state index is 10.8. The number of hydrogen-bond donors (Lipinski definition) is 1. The number of rotatable bonds is 3. The summed E-state index contributed by atoms with van der Waals surface area (Å²) >= 11 is 0. The predicted octanol–water partition coefficient (Wildman–Crippen LogP) is 1.82. The minimum absolute atomic E-state index is 0.0898. The Balaban J connectivity index is 3.39. The highest BCUT2D eigenvalue weighted by Gasteiger charge is 2.16. The van der Waals surface area contributed by atoms with Crippen molar-refractivity contribution in [2.45, 2.75) is 6.92 Å². The average molecular weight is 193 g/mol. The van der Waals surface area contributed by atoms with E-state index in [1.807, 2.05) is 0 Å². The molecule has 74 valence electrons. The lowest BCUT2D eigenvalue weighted by Crippen LogP contribution is -2.05. The van der Waals surface area contributed by atoms with Gasteiger partial charge in [0.05, 0.1) is 7.11 Å². The van der Waals surface area contributed by atoms with Crippen LogP contribution in [0, 0.1) is 0 Å². The van der Waals surface area contributed by atoms with E-state index >= 15 is 0 Å². The molecule has 1 aromatic heterocycles. The molecule has 1 rings (SSSR count). The summed E-state index contributed by atoms with van der Waals surface area (Å²) in [4.78, 5) is 14.5. The maximum Gasteiger partial charge on any atom is 0.358 e. The van der Waals surface area contributed by atoms with Crippen molar-refractivity contribution < 1.29 is 14.6 Å². The second-order valence-electron chi connectivity index (χ2n) is 2.83. The smallest absolute Gasteiger partial charge is 0.358 e. The third-order valence-electron chi connectivity index (χ3n) is 1.77. The molecular weight excluding hydrogens is 182 g/mol. The molecule has 1 N–H and O–H groups in total. The number of nitrogens with zero attached hydrogens (tertiary/aromatic N) is 1. The molecule has 0 amide bonds. The zero-order valence-corrected chi connectivity index (χ0v) is 8.07. The lowest BCUT2D eigenvalue weighted by atomic mass is 10.1. The van der Waals surface area contributed by atoms with Gasteiger partial charge in [0.15, 0.2) is 11.4 Å². The van der Waals surface area contributed by atoms with E-state index in [1.165, 1.54) is 13.3 Å². The molecule has 0 aliphatic heterocycles. The predicted molar refractivity (Wildman–Crippen MR) is 52.5 cm³/mol. The Bertz CT molecular complexity index is 353. The minimum atomic E-state index is -1.11. The average Bonchev–Trinajstić information content (AvgIpc) is 2.16. The Labute approximate surface area is 81.9 Å². The first-order valence-electron chi connectivity index (χ1n) is 4.00. The third kappa shape index (κ3) is 1.74. The molecule has 1 aromatic rings. The Morgan fingerprint density at radius 2 is 2.29 bits per heavy atom. The molecule has 0 fully saturated rings. The first kappa shape index (κ1) is 10.2. The molecule has 0 radical (unpaired) electrons. The van der Waals surface area contributed by atoms with Gasteiger partial charge in [0.25, 0.3) is 0 Å². The van der Waals surface area contributed by atoms with Crippen LogP contribution in [0.4, 0.5) is 0 Å². The van der Waals surface area contributed by atoms with Crippen LogP contribution in [-0.4, -0.2) is 23.2 Å². The molecular formula is C10H11NO3. The van der Waals surface area contributed by atoms with Crippen LogP contribution in [0.25, 0.3) is 5.57 Å². The number of methoxy groups -OCH3 is 1. The van der Waals surface area contributed by atoms with Crippen molar-refractivity contribution >= 4 is 11.5 Å². The van der Waals surface area contributed by atoms with E-state index in [0.717, 1.165) is 5.57 Å². The summed E-state index contributed by atoms with van der Waals surface area (Å²) in [6, 6.07) is 1.67. The number of carboxylic acids is 1. The molecule has 0 saturated heterocycles. The van der Waals surface area contributed by atoms with Crippen LogP contribution in [0.1, 0.15) is 23.0 Å². The molecule has 0 spiro atoms. The van der Waals surface area contributed by atoms with Crippen LogP contribution in [0.2, 0.25) is 0 Å². The summed E-state index contributed by atoms with van der Waals surface area (Å²) in [7, 11) is 1.41.